The number of nitrogens with zero attached hydrogens (tertiary/aromatic N) is 1. The van der Waals surface area contributed by atoms with Crippen molar-refractivity contribution in [3.05, 3.63) is 28.4 Å². The smallest absolute Gasteiger partial charge is 0.156 e. The molecule has 0 saturated carbocycles. The number of aliphatic hydroxyl groups is 3. The van der Waals surface area contributed by atoms with Crippen LogP contribution in [0.15, 0.2) is 18.2 Å². The van der Waals surface area contributed by atoms with Gasteiger partial charge in [0.25, 0.3) is 0 Å². The molecule has 0 amide bonds. The molecule has 4 atom stereocenters. The van der Waals surface area contributed by atoms with Gasteiger partial charge in [-0.1, -0.05) is 11.6 Å². The number of hydrogen-bond donors (Lipinski definition) is 5. The van der Waals surface area contributed by atoms with Crippen LogP contribution in [-0.4, -0.2) is 51.7 Å². The zero-order chi connectivity index (χ0) is 14.9. The van der Waals surface area contributed by atoms with E-state index < -0.39 is 24.5 Å². The van der Waals surface area contributed by atoms with E-state index in [1.807, 2.05) is 0 Å². The highest BCUT2D eigenvalue weighted by molar-refractivity contribution is 6.33. The average Bonchev–Trinajstić information content (AvgIpc) is 2.41. The van der Waals surface area contributed by atoms with Crippen LogP contribution in [0, 0.1) is 5.21 Å². The first-order valence-corrected chi connectivity index (χ1v) is 6.16. The third kappa shape index (κ3) is 3.13. The number of ether oxygens (including phenoxy) is 1. The Kier molecular flexibility index (Phi) is 4.66. The van der Waals surface area contributed by atoms with E-state index in [1.54, 1.807) is 0 Å². The lowest BCUT2D eigenvalue weighted by Gasteiger charge is -2.36. The van der Waals surface area contributed by atoms with Crippen LogP contribution in [0.2, 0.25) is 5.02 Å². The van der Waals surface area contributed by atoms with E-state index in [1.165, 1.54) is 18.2 Å². The average molecular weight is 306 g/mol. The molecule has 9 heteroatoms. The first-order chi connectivity index (χ1) is 9.40. The predicted octanol–water partition coefficient (Wildman–Crippen LogP) is -0.116. The molecule has 1 aliphatic heterocycles. The van der Waals surface area contributed by atoms with E-state index in [0.717, 1.165) is 0 Å². The Morgan fingerprint density at radius 2 is 2.00 bits per heavy atom. The maximum atomic E-state index is 10.9. The van der Waals surface area contributed by atoms with Crippen molar-refractivity contribution in [2.45, 2.75) is 24.5 Å². The largest absolute Gasteiger partial charge is 0.733 e. The zero-order valence-corrected chi connectivity index (χ0v) is 10.9. The number of anilines is 2. The van der Waals surface area contributed by atoms with Crippen LogP contribution in [0.1, 0.15) is 0 Å². The molecule has 0 bridgehead atoms. The minimum atomic E-state index is -1.35. The van der Waals surface area contributed by atoms with Crippen LogP contribution in [0.5, 0.6) is 0 Å². The lowest BCUT2D eigenvalue weighted by Crippen LogP contribution is -2.55. The molecular formula is C11H14ClN2O6-. The molecule has 5 N–H and O–H groups in total. The van der Waals surface area contributed by atoms with Crippen molar-refractivity contribution in [3.63, 3.8) is 0 Å². The Balaban J connectivity index is 2.12. The van der Waals surface area contributed by atoms with Gasteiger partial charge in [-0.25, -0.2) is 0 Å². The van der Waals surface area contributed by atoms with Gasteiger partial charge in [0, 0.05) is 5.69 Å². The molecule has 0 radical (unpaired) electrons. The molecule has 1 aromatic carbocycles. The van der Waals surface area contributed by atoms with Gasteiger partial charge < -0.3 is 35.8 Å². The van der Waals surface area contributed by atoms with Crippen LogP contribution in [0.25, 0.3) is 0 Å². The van der Waals surface area contributed by atoms with Gasteiger partial charge in [-0.15, -0.1) is 0 Å². The standard InChI is InChI=1S/C11H14ClN2O6/c12-6-2-1-5(3-7(6)14(18)19)13-11-10(17)9(16)8(15)4-20-11/h1-3,8-11,13,15-18H,4H2/q-1/t8-,9-,10-,11+/m1/s1. The molecule has 8 nitrogen and oxygen atoms in total. The van der Waals surface area contributed by atoms with E-state index >= 15 is 0 Å². The minimum Gasteiger partial charge on any atom is -0.733 e. The summed E-state index contributed by atoms with van der Waals surface area (Å²) in [5.41, 5.74) is 0.162. The van der Waals surface area contributed by atoms with Crippen LogP contribution in [0.3, 0.4) is 0 Å². The number of benzene rings is 1. The van der Waals surface area contributed by atoms with Gasteiger partial charge in [-0.2, -0.15) is 0 Å². The molecule has 1 aromatic rings. The summed E-state index contributed by atoms with van der Waals surface area (Å²) in [6, 6.07) is 4.13. The van der Waals surface area contributed by atoms with Crippen molar-refractivity contribution < 1.29 is 25.3 Å². The van der Waals surface area contributed by atoms with Crippen molar-refractivity contribution in [1.82, 2.24) is 0 Å². The second kappa shape index (κ2) is 6.10. The number of rotatable bonds is 3. The summed E-state index contributed by atoms with van der Waals surface area (Å²) in [6.45, 7) is -0.149. The number of nitrogens with one attached hydrogen (secondary N) is 1. The van der Waals surface area contributed by atoms with E-state index in [9.17, 15) is 20.5 Å². The van der Waals surface area contributed by atoms with Gasteiger partial charge in [0.05, 0.1) is 17.3 Å². The molecule has 2 rings (SSSR count). The van der Waals surface area contributed by atoms with E-state index in [2.05, 4.69) is 5.32 Å². The van der Waals surface area contributed by atoms with Gasteiger partial charge in [0.2, 0.25) is 0 Å². The molecule has 0 spiro atoms. The summed E-state index contributed by atoms with van der Waals surface area (Å²) >= 11 is 5.72. The highest BCUT2D eigenvalue weighted by atomic mass is 35.5. The van der Waals surface area contributed by atoms with E-state index in [0.29, 0.717) is 5.69 Å². The SMILES string of the molecule is [O-]N(O)c1cc(N[C@H]2OC[C@@H](O)[C@@H](O)[C@H]2O)ccc1Cl. The maximum absolute atomic E-state index is 10.9. The minimum absolute atomic E-state index is 0.0496. The van der Waals surface area contributed by atoms with E-state index in [4.69, 9.17) is 21.5 Å². The summed E-state index contributed by atoms with van der Waals surface area (Å²) < 4.78 is 5.15. The fourth-order valence-electron chi connectivity index (χ4n) is 1.85. The Hall–Kier alpha value is -1.13. The molecule has 1 saturated heterocycles. The molecule has 1 fully saturated rings. The molecule has 0 aromatic heterocycles. The second-order valence-electron chi connectivity index (χ2n) is 4.39. The lowest BCUT2D eigenvalue weighted by molar-refractivity contribution is -0.178. The molecule has 0 unspecified atom stereocenters. The second-order valence-corrected chi connectivity index (χ2v) is 4.79. The van der Waals surface area contributed by atoms with Crippen LogP contribution in [0.4, 0.5) is 11.4 Å². The highest BCUT2D eigenvalue weighted by Gasteiger charge is 2.37. The number of hydrogen-bond acceptors (Lipinski definition) is 8. The Labute approximate surface area is 119 Å². The van der Waals surface area contributed by atoms with Crippen LogP contribution >= 0.6 is 11.6 Å². The van der Waals surface area contributed by atoms with Gasteiger partial charge in [-0.3, -0.25) is 5.21 Å². The van der Waals surface area contributed by atoms with Gasteiger partial charge >= 0.3 is 0 Å². The first kappa shape index (κ1) is 15.3. The first-order valence-electron chi connectivity index (χ1n) is 5.78. The fraction of sp³-hybridized carbons (Fsp3) is 0.455. The van der Waals surface area contributed by atoms with Gasteiger partial charge in [-0.05, 0) is 18.2 Å². The van der Waals surface area contributed by atoms with Gasteiger partial charge in [0.15, 0.2) is 6.23 Å². The van der Waals surface area contributed by atoms with Crippen LogP contribution in [-0.2, 0) is 4.74 Å². The quantitative estimate of drug-likeness (QED) is 0.489. The van der Waals surface area contributed by atoms with Crippen molar-refractivity contribution in [2.24, 2.45) is 0 Å². The summed E-state index contributed by atoms with van der Waals surface area (Å²) in [7, 11) is 0. The van der Waals surface area contributed by atoms with Crippen molar-refractivity contribution in [3.8, 4) is 0 Å². The van der Waals surface area contributed by atoms with Crippen molar-refractivity contribution in [2.75, 3.05) is 17.2 Å². The molecule has 112 valence electrons. The lowest BCUT2D eigenvalue weighted by atomic mass is 10.0. The summed E-state index contributed by atoms with van der Waals surface area (Å²) in [4.78, 5) is 0. The van der Waals surface area contributed by atoms with Crippen molar-refractivity contribution in [1.29, 1.82) is 0 Å². The van der Waals surface area contributed by atoms with Crippen molar-refractivity contribution >= 4 is 23.0 Å². The predicted molar refractivity (Wildman–Crippen MR) is 70.5 cm³/mol. The molecular weight excluding hydrogens is 292 g/mol. The zero-order valence-electron chi connectivity index (χ0n) is 10.2. The molecule has 1 aliphatic rings. The Morgan fingerprint density at radius 1 is 1.30 bits per heavy atom. The fourth-order valence-corrected chi connectivity index (χ4v) is 2.04. The third-order valence-corrected chi connectivity index (χ3v) is 3.28. The normalized spacial score (nSPS) is 30.1. The summed E-state index contributed by atoms with van der Waals surface area (Å²) in [6.07, 6.45) is -4.84. The highest BCUT2D eigenvalue weighted by Crippen LogP contribution is 2.29. The topological polar surface area (TPSA) is 128 Å². The maximum Gasteiger partial charge on any atom is 0.156 e. The Morgan fingerprint density at radius 3 is 2.65 bits per heavy atom. The van der Waals surface area contributed by atoms with Gasteiger partial charge in [0.1, 0.15) is 18.3 Å². The summed E-state index contributed by atoms with van der Waals surface area (Å²) in [5, 5.41) is 50.8. The summed E-state index contributed by atoms with van der Waals surface area (Å²) in [5.74, 6) is 0. The number of aliphatic hydroxyl groups excluding tert-OH is 3. The third-order valence-electron chi connectivity index (χ3n) is 2.96. The monoisotopic (exact) mass is 305 g/mol. The van der Waals surface area contributed by atoms with E-state index in [-0.39, 0.29) is 22.5 Å². The number of halogens is 1. The molecule has 20 heavy (non-hydrogen) atoms. The Bertz CT molecular complexity index is 474. The molecule has 1 heterocycles. The van der Waals surface area contributed by atoms with Crippen LogP contribution < -0.4 is 10.5 Å². The molecule has 0 aliphatic carbocycles.